The van der Waals surface area contributed by atoms with E-state index in [1.54, 1.807) is 6.07 Å². The molecule has 0 saturated heterocycles. The van der Waals surface area contributed by atoms with Gasteiger partial charge in [0.1, 0.15) is 17.2 Å². The number of carbonyl (C=O) groups excluding carboxylic acids is 1. The monoisotopic (exact) mass is 288 g/mol. The van der Waals surface area contributed by atoms with Gasteiger partial charge >= 0.3 is 5.97 Å². The van der Waals surface area contributed by atoms with E-state index in [4.69, 9.17) is 4.74 Å². The maximum absolute atomic E-state index is 11.7. The van der Waals surface area contributed by atoms with Crippen LogP contribution >= 0.6 is 0 Å². The molecule has 2 aromatic carbocycles. The lowest BCUT2D eigenvalue weighted by Gasteiger charge is -2.25. The van der Waals surface area contributed by atoms with Crippen LogP contribution in [-0.2, 0) is 4.79 Å². The minimum atomic E-state index is -0.534. The van der Waals surface area contributed by atoms with E-state index < -0.39 is 11.9 Å². The van der Waals surface area contributed by atoms with Crippen molar-refractivity contribution in [2.45, 2.75) is 12.3 Å². The summed E-state index contributed by atoms with van der Waals surface area (Å²) in [6, 6.07) is 6.59. The van der Waals surface area contributed by atoms with Crippen molar-refractivity contribution in [2.24, 2.45) is 0 Å². The summed E-state index contributed by atoms with van der Waals surface area (Å²) < 4.78 is 5.03. The van der Waals surface area contributed by atoms with Crippen molar-refractivity contribution in [1.29, 1.82) is 0 Å². The molecular weight excluding hydrogens is 276 g/mol. The first-order chi connectivity index (χ1) is 9.95. The quantitative estimate of drug-likeness (QED) is 0.363. The molecule has 0 radical (unpaired) electrons. The third-order valence-electron chi connectivity index (χ3n) is 3.45. The molecule has 1 aliphatic rings. The second-order valence-corrected chi connectivity index (χ2v) is 4.86. The van der Waals surface area contributed by atoms with Gasteiger partial charge in [0.2, 0.25) is 0 Å². The molecular formula is C15H12O6. The molecule has 2 aromatic rings. The molecule has 1 atom stereocenters. The summed E-state index contributed by atoms with van der Waals surface area (Å²) in [6.45, 7) is 0. The Morgan fingerprint density at radius 1 is 0.952 bits per heavy atom. The van der Waals surface area contributed by atoms with E-state index >= 15 is 0 Å². The second-order valence-electron chi connectivity index (χ2n) is 4.86. The molecule has 6 nitrogen and oxygen atoms in total. The topological polar surface area (TPSA) is 107 Å². The van der Waals surface area contributed by atoms with Crippen LogP contribution in [0.2, 0.25) is 0 Å². The van der Waals surface area contributed by atoms with Crippen molar-refractivity contribution in [2.75, 3.05) is 0 Å². The van der Waals surface area contributed by atoms with Crippen LogP contribution in [0.15, 0.2) is 30.3 Å². The van der Waals surface area contributed by atoms with Gasteiger partial charge in [-0.25, -0.2) is 0 Å². The third-order valence-corrected chi connectivity index (χ3v) is 3.45. The summed E-state index contributed by atoms with van der Waals surface area (Å²) in [5.41, 5.74) is 0.904. The predicted molar refractivity (Wildman–Crippen MR) is 71.6 cm³/mol. The summed E-state index contributed by atoms with van der Waals surface area (Å²) in [5.74, 6) is -1.96. The van der Waals surface area contributed by atoms with Gasteiger partial charge < -0.3 is 25.2 Å². The summed E-state index contributed by atoms with van der Waals surface area (Å²) in [5, 5.41) is 38.4. The summed E-state index contributed by atoms with van der Waals surface area (Å²) in [4.78, 5) is 11.7. The molecule has 0 saturated carbocycles. The number of phenols is 4. The maximum atomic E-state index is 11.7. The smallest absolute Gasteiger partial charge is 0.312 e. The Labute approximate surface area is 119 Å². The van der Waals surface area contributed by atoms with E-state index in [0.29, 0.717) is 11.1 Å². The Morgan fingerprint density at radius 2 is 1.71 bits per heavy atom. The highest BCUT2D eigenvalue weighted by atomic mass is 16.5. The van der Waals surface area contributed by atoms with Crippen LogP contribution in [0.5, 0.6) is 28.7 Å². The number of hydrogen-bond acceptors (Lipinski definition) is 6. The summed E-state index contributed by atoms with van der Waals surface area (Å²) in [7, 11) is 0. The highest BCUT2D eigenvalue weighted by Gasteiger charge is 2.32. The third kappa shape index (κ3) is 2.20. The molecule has 0 spiro atoms. The largest absolute Gasteiger partial charge is 0.508 e. The first-order valence-electron chi connectivity index (χ1n) is 6.24. The van der Waals surface area contributed by atoms with Gasteiger partial charge in [-0.1, -0.05) is 6.07 Å². The molecule has 3 rings (SSSR count). The van der Waals surface area contributed by atoms with Crippen LogP contribution < -0.4 is 4.74 Å². The maximum Gasteiger partial charge on any atom is 0.312 e. The van der Waals surface area contributed by atoms with Crippen LogP contribution in [0.25, 0.3) is 0 Å². The number of carbonyl (C=O) groups is 1. The van der Waals surface area contributed by atoms with E-state index in [1.807, 2.05) is 0 Å². The normalized spacial score (nSPS) is 17.1. The number of aromatic hydroxyl groups is 4. The lowest BCUT2D eigenvalue weighted by molar-refractivity contribution is -0.135. The highest BCUT2D eigenvalue weighted by molar-refractivity contribution is 5.79. The molecule has 0 bridgehead atoms. The Bertz CT molecular complexity index is 737. The SMILES string of the molecule is O=C1C[C@@H](c2ccc(O)c(O)c2)c2c(O)cc(O)cc2O1. The average molecular weight is 288 g/mol. The molecule has 0 unspecified atom stereocenters. The van der Waals surface area contributed by atoms with E-state index in [9.17, 15) is 25.2 Å². The Kier molecular flexibility index (Phi) is 2.86. The number of phenolic OH excluding ortho intramolecular Hbond substituents is 4. The van der Waals surface area contributed by atoms with Crippen LogP contribution in [0, 0.1) is 0 Å². The van der Waals surface area contributed by atoms with Gasteiger partial charge in [-0.2, -0.15) is 0 Å². The zero-order valence-electron chi connectivity index (χ0n) is 10.8. The molecule has 0 aromatic heterocycles. The summed E-state index contributed by atoms with van der Waals surface area (Å²) in [6.07, 6.45) is -0.0183. The molecule has 0 fully saturated rings. The van der Waals surface area contributed by atoms with Crippen molar-refractivity contribution in [3.63, 3.8) is 0 Å². The van der Waals surface area contributed by atoms with Gasteiger partial charge in [0.15, 0.2) is 11.5 Å². The van der Waals surface area contributed by atoms with Crippen molar-refractivity contribution in [3.8, 4) is 28.7 Å². The van der Waals surface area contributed by atoms with Crippen molar-refractivity contribution in [3.05, 3.63) is 41.5 Å². The Balaban J connectivity index is 2.16. The Hall–Kier alpha value is -2.89. The van der Waals surface area contributed by atoms with Gasteiger partial charge in [-0.3, -0.25) is 4.79 Å². The molecule has 6 heteroatoms. The molecule has 21 heavy (non-hydrogen) atoms. The van der Waals surface area contributed by atoms with Crippen molar-refractivity contribution in [1.82, 2.24) is 0 Å². The van der Waals surface area contributed by atoms with Gasteiger partial charge in [0.05, 0.1) is 6.42 Å². The zero-order chi connectivity index (χ0) is 15.1. The lowest BCUT2D eigenvalue weighted by Crippen LogP contribution is -2.21. The fraction of sp³-hybridized carbons (Fsp3) is 0.133. The molecule has 0 amide bonds. The lowest BCUT2D eigenvalue weighted by atomic mass is 9.85. The van der Waals surface area contributed by atoms with E-state index in [0.717, 1.165) is 6.07 Å². The minimum absolute atomic E-state index is 0.0183. The number of esters is 1. The highest BCUT2D eigenvalue weighted by Crippen LogP contribution is 2.46. The van der Waals surface area contributed by atoms with Crippen LogP contribution in [0.3, 0.4) is 0 Å². The van der Waals surface area contributed by atoms with Gasteiger partial charge in [-0.05, 0) is 17.7 Å². The molecule has 1 heterocycles. The standard InChI is InChI=1S/C15H12O6/c16-8-4-12(19)15-9(6-14(20)21-13(15)5-8)7-1-2-10(17)11(18)3-7/h1-5,9,16-19H,6H2/t9-/m0/s1. The average Bonchev–Trinajstić information content (AvgIpc) is 2.40. The number of fused-ring (bicyclic) bond motifs is 1. The minimum Gasteiger partial charge on any atom is -0.508 e. The van der Waals surface area contributed by atoms with Crippen molar-refractivity contribution >= 4 is 5.97 Å². The molecule has 4 N–H and O–H groups in total. The van der Waals surface area contributed by atoms with E-state index in [-0.39, 0.29) is 35.2 Å². The molecule has 108 valence electrons. The van der Waals surface area contributed by atoms with Gasteiger partial charge in [-0.15, -0.1) is 0 Å². The van der Waals surface area contributed by atoms with Crippen molar-refractivity contribution < 1.29 is 30.0 Å². The second kappa shape index (κ2) is 4.59. The number of ether oxygens (including phenoxy) is 1. The number of benzene rings is 2. The summed E-state index contributed by atoms with van der Waals surface area (Å²) >= 11 is 0. The number of rotatable bonds is 1. The fourth-order valence-corrected chi connectivity index (χ4v) is 2.51. The van der Waals surface area contributed by atoms with Crippen LogP contribution in [0.4, 0.5) is 0 Å². The first-order valence-corrected chi connectivity index (χ1v) is 6.24. The molecule has 1 aliphatic heterocycles. The van der Waals surface area contributed by atoms with Gasteiger partial charge in [0.25, 0.3) is 0 Å². The molecule has 0 aliphatic carbocycles. The fourth-order valence-electron chi connectivity index (χ4n) is 2.51. The van der Waals surface area contributed by atoms with E-state index in [2.05, 4.69) is 0 Å². The van der Waals surface area contributed by atoms with Crippen LogP contribution in [-0.4, -0.2) is 26.4 Å². The zero-order valence-corrected chi connectivity index (χ0v) is 10.8. The predicted octanol–water partition coefficient (Wildman–Crippen LogP) is 1.95. The van der Waals surface area contributed by atoms with E-state index in [1.165, 1.54) is 18.2 Å². The Morgan fingerprint density at radius 3 is 2.43 bits per heavy atom. The van der Waals surface area contributed by atoms with Gasteiger partial charge in [0, 0.05) is 23.6 Å². The van der Waals surface area contributed by atoms with Crippen LogP contribution in [0.1, 0.15) is 23.5 Å². The first kappa shape index (κ1) is 13.1. The number of hydrogen-bond donors (Lipinski definition) is 4.